The van der Waals surface area contributed by atoms with Gasteiger partial charge in [-0.1, -0.05) is 0 Å². The highest BCUT2D eigenvalue weighted by Crippen LogP contribution is 2.40. The molecule has 3 aromatic rings. The van der Waals surface area contributed by atoms with Crippen LogP contribution < -0.4 is 25.2 Å². The van der Waals surface area contributed by atoms with Gasteiger partial charge in [0.2, 0.25) is 0 Å². The van der Waals surface area contributed by atoms with E-state index in [2.05, 4.69) is 15.6 Å². The summed E-state index contributed by atoms with van der Waals surface area (Å²) in [7, 11) is 0. The highest BCUT2D eigenvalue weighted by atomic mass is 19.1. The molecule has 0 saturated carbocycles. The average Bonchev–Trinajstić information content (AvgIpc) is 2.85. The van der Waals surface area contributed by atoms with Crippen LogP contribution >= 0.6 is 0 Å². The number of nitrogens with one attached hydrogen (secondary N) is 2. The van der Waals surface area contributed by atoms with Crippen molar-refractivity contribution in [3.63, 3.8) is 0 Å². The Morgan fingerprint density at radius 2 is 1.74 bits per heavy atom. The maximum absolute atomic E-state index is 14.9. The lowest BCUT2D eigenvalue weighted by Gasteiger charge is -2.35. The summed E-state index contributed by atoms with van der Waals surface area (Å²) < 4.78 is 50.1. The fraction of sp³-hybridized carbons (Fsp3) is 0.346. The SMILES string of the molecule is CC(C)N1CCOc2c(F)cc(-c3cc(Nc4ccc(N5CCNCC5)c(F)c4)ncc3F)cc21. The molecule has 35 heavy (non-hydrogen) atoms. The first-order valence-corrected chi connectivity index (χ1v) is 11.8. The molecule has 5 rings (SSSR count). The summed E-state index contributed by atoms with van der Waals surface area (Å²) in [5.41, 5.74) is 2.20. The molecule has 3 heterocycles. The average molecular weight is 484 g/mol. The first kappa shape index (κ1) is 23.3. The number of fused-ring (bicyclic) bond motifs is 1. The number of hydrogen-bond acceptors (Lipinski definition) is 6. The molecule has 1 saturated heterocycles. The van der Waals surface area contributed by atoms with E-state index in [-0.39, 0.29) is 23.2 Å². The van der Waals surface area contributed by atoms with E-state index in [0.717, 1.165) is 32.4 Å². The molecule has 1 fully saturated rings. The lowest BCUT2D eigenvalue weighted by molar-refractivity contribution is 0.287. The van der Waals surface area contributed by atoms with E-state index in [1.165, 1.54) is 18.2 Å². The summed E-state index contributed by atoms with van der Waals surface area (Å²) >= 11 is 0. The topological polar surface area (TPSA) is 52.7 Å². The third-order valence-corrected chi connectivity index (χ3v) is 6.38. The van der Waals surface area contributed by atoms with Gasteiger partial charge in [0.25, 0.3) is 0 Å². The van der Waals surface area contributed by atoms with Gasteiger partial charge in [0.15, 0.2) is 11.6 Å². The molecule has 9 heteroatoms. The molecule has 0 bridgehead atoms. The molecule has 0 atom stereocenters. The Morgan fingerprint density at radius 3 is 2.49 bits per heavy atom. The molecule has 2 aromatic carbocycles. The molecule has 0 radical (unpaired) electrons. The second kappa shape index (κ2) is 9.65. The predicted octanol–water partition coefficient (Wildman–Crippen LogP) is 4.93. The van der Waals surface area contributed by atoms with Gasteiger partial charge in [0, 0.05) is 43.5 Å². The number of piperazine rings is 1. The molecule has 0 spiro atoms. The van der Waals surface area contributed by atoms with Crippen LogP contribution in [0.15, 0.2) is 42.6 Å². The maximum Gasteiger partial charge on any atom is 0.178 e. The van der Waals surface area contributed by atoms with E-state index in [1.807, 2.05) is 23.6 Å². The number of ether oxygens (including phenoxy) is 1. The van der Waals surface area contributed by atoms with Gasteiger partial charge in [0.1, 0.15) is 24.1 Å². The van der Waals surface area contributed by atoms with Crippen molar-refractivity contribution in [2.45, 2.75) is 19.9 Å². The first-order valence-electron chi connectivity index (χ1n) is 11.8. The number of aromatic nitrogens is 1. The first-order chi connectivity index (χ1) is 16.9. The minimum Gasteiger partial charge on any atom is -0.486 e. The van der Waals surface area contributed by atoms with Crippen molar-refractivity contribution >= 4 is 22.9 Å². The minimum atomic E-state index is -0.581. The molecule has 0 aliphatic carbocycles. The Balaban J connectivity index is 1.43. The van der Waals surface area contributed by atoms with E-state index < -0.39 is 11.6 Å². The van der Waals surface area contributed by atoms with Crippen LogP contribution in [0.25, 0.3) is 11.1 Å². The van der Waals surface area contributed by atoms with Crippen LogP contribution in [0, 0.1) is 17.5 Å². The van der Waals surface area contributed by atoms with Crippen LogP contribution in [0.4, 0.5) is 36.1 Å². The van der Waals surface area contributed by atoms with Gasteiger partial charge in [-0.25, -0.2) is 18.2 Å². The predicted molar refractivity (Wildman–Crippen MR) is 132 cm³/mol. The number of hydrogen-bond donors (Lipinski definition) is 2. The fourth-order valence-electron chi connectivity index (χ4n) is 4.62. The molecular weight excluding hydrogens is 455 g/mol. The second-order valence-corrected chi connectivity index (χ2v) is 9.02. The number of benzene rings is 2. The van der Waals surface area contributed by atoms with Crippen LogP contribution in [0.5, 0.6) is 5.75 Å². The lowest BCUT2D eigenvalue weighted by atomic mass is 10.0. The third-order valence-electron chi connectivity index (χ3n) is 6.38. The molecule has 2 N–H and O–H groups in total. The van der Waals surface area contributed by atoms with Gasteiger partial charge in [-0.2, -0.15) is 0 Å². The zero-order valence-electron chi connectivity index (χ0n) is 19.7. The van der Waals surface area contributed by atoms with E-state index in [4.69, 9.17) is 4.74 Å². The number of anilines is 4. The smallest absolute Gasteiger partial charge is 0.178 e. The molecule has 184 valence electrons. The zero-order valence-corrected chi connectivity index (χ0v) is 19.7. The molecular formula is C26H28F3N5O. The third kappa shape index (κ3) is 4.73. The normalized spacial score (nSPS) is 15.7. The second-order valence-electron chi connectivity index (χ2n) is 9.02. The van der Waals surface area contributed by atoms with Gasteiger partial charge in [-0.05, 0) is 55.8 Å². The van der Waals surface area contributed by atoms with Crippen molar-refractivity contribution in [3.8, 4) is 16.9 Å². The van der Waals surface area contributed by atoms with Gasteiger partial charge in [0.05, 0.1) is 24.1 Å². The van der Waals surface area contributed by atoms with Crippen molar-refractivity contribution in [2.24, 2.45) is 0 Å². The molecule has 6 nitrogen and oxygen atoms in total. The Morgan fingerprint density at radius 1 is 0.943 bits per heavy atom. The summed E-state index contributed by atoms with van der Waals surface area (Å²) in [6.07, 6.45) is 1.08. The molecule has 2 aliphatic heterocycles. The number of halogens is 3. The Labute approximate surface area is 202 Å². The van der Waals surface area contributed by atoms with Gasteiger partial charge >= 0.3 is 0 Å². The Kier molecular flexibility index (Phi) is 6.42. The molecule has 0 unspecified atom stereocenters. The Hall–Kier alpha value is -3.46. The number of nitrogens with zero attached hydrogens (tertiary/aromatic N) is 3. The monoisotopic (exact) mass is 483 g/mol. The quantitative estimate of drug-likeness (QED) is 0.537. The number of rotatable bonds is 5. The van der Waals surface area contributed by atoms with Crippen LogP contribution in [0.2, 0.25) is 0 Å². The Bertz CT molecular complexity index is 1230. The highest BCUT2D eigenvalue weighted by molar-refractivity contribution is 5.76. The van der Waals surface area contributed by atoms with Gasteiger partial charge in [-0.15, -0.1) is 0 Å². The maximum atomic E-state index is 14.9. The largest absolute Gasteiger partial charge is 0.486 e. The standard InChI is InChI=1S/C26H28F3N5O/c1-16(2)34-9-10-35-26-21(28)11-17(12-24(26)34)19-14-25(31-15-22(19)29)32-18-3-4-23(20(27)13-18)33-7-5-30-6-8-33/h3-4,11-16,30H,5-10H2,1-2H3,(H,31,32). The van der Waals surface area contributed by atoms with Crippen LogP contribution in [-0.4, -0.2) is 50.4 Å². The fourth-order valence-corrected chi connectivity index (χ4v) is 4.62. The van der Waals surface area contributed by atoms with Crippen molar-refractivity contribution in [2.75, 3.05) is 54.4 Å². The van der Waals surface area contributed by atoms with Gasteiger partial charge < -0.3 is 25.2 Å². The summed E-state index contributed by atoms with van der Waals surface area (Å²) in [6.45, 7) is 8.14. The number of pyridine rings is 1. The van der Waals surface area contributed by atoms with Crippen LogP contribution in [0.1, 0.15) is 13.8 Å². The van der Waals surface area contributed by atoms with E-state index in [0.29, 0.717) is 41.6 Å². The van der Waals surface area contributed by atoms with Crippen LogP contribution in [-0.2, 0) is 0 Å². The lowest BCUT2D eigenvalue weighted by Crippen LogP contribution is -2.43. The summed E-state index contributed by atoms with van der Waals surface area (Å²) in [4.78, 5) is 8.13. The van der Waals surface area contributed by atoms with Crippen molar-refractivity contribution in [1.82, 2.24) is 10.3 Å². The van der Waals surface area contributed by atoms with Gasteiger partial charge in [-0.3, -0.25) is 0 Å². The summed E-state index contributed by atoms with van der Waals surface area (Å²) in [6, 6.07) is 9.54. The van der Waals surface area contributed by atoms with Crippen molar-refractivity contribution in [1.29, 1.82) is 0 Å². The molecule has 2 aliphatic rings. The molecule has 1 aromatic heterocycles. The van der Waals surface area contributed by atoms with E-state index >= 15 is 0 Å². The summed E-state index contributed by atoms with van der Waals surface area (Å²) in [5.74, 6) is -0.959. The van der Waals surface area contributed by atoms with E-state index in [9.17, 15) is 13.2 Å². The van der Waals surface area contributed by atoms with E-state index in [1.54, 1.807) is 18.2 Å². The zero-order chi connectivity index (χ0) is 24.5. The van der Waals surface area contributed by atoms with Crippen molar-refractivity contribution in [3.05, 3.63) is 60.0 Å². The highest BCUT2D eigenvalue weighted by Gasteiger charge is 2.25. The van der Waals surface area contributed by atoms with Crippen LogP contribution in [0.3, 0.4) is 0 Å². The minimum absolute atomic E-state index is 0.130. The summed E-state index contributed by atoms with van der Waals surface area (Å²) in [5, 5.41) is 6.29. The van der Waals surface area contributed by atoms with Crippen molar-refractivity contribution < 1.29 is 17.9 Å². The molecule has 0 amide bonds.